The van der Waals surface area contributed by atoms with E-state index < -0.39 is 0 Å². The highest BCUT2D eigenvalue weighted by atomic mass is 16.7. The minimum Gasteiger partial charge on any atom is -0.355 e. The summed E-state index contributed by atoms with van der Waals surface area (Å²) in [5.74, 6) is 0. The van der Waals surface area contributed by atoms with Crippen LogP contribution in [0.2, 0.25) is 0 Å². The fourth-order valence-corrected chi connectivity index (χ4v) is 0.364. The van der Waals surface area contributed by atoms with E-state index in [0.29, 0.717) is 6.79 Å². The van der Waals surface area contributed by atoms with E-state index in [2.05, 4.69) is 18.8 Å². The van der Waals surface area contributed by atoms with Gasteiger partial charge in [0.1, 0.15) is 6.79 Å². The maximum absolute atomic E-state index is 4.94. The number of unbranched alkanes of at least 4 members (excludes halogenated alkanes) is 1. The van der Waals surface area contributed by atoms with Crippen LogP contribution in [0.1, 0.15) is 19.8 Å². The maximum atomic E-state index is 4.94. The van der Waals surface area contributed by atoms with Crippen molar-refractivity contribution in [1.29, 1.82) is 0 Å². The lowest BCUT2D eigenvalue weighted by Crippen LogP contribution is -1.96. The highest BCUT2D eigenvalue weighted by Crippen LogP contribution is 1.86. The topological polar surface area (TPSA) is 18.5 Å². The molecule has 0 spiro atoms. The van der Waals surface area contributed by atoms with Crippen LogP contribution in [-0.4, -0.2) is 13.4 Å². The smallest absolute Gasteiger partial charge is 0.146 e. The molecule has 0 aliphatic heterocycles. The second kappa shape index (κ2) is 6.92. The van der Waals surface area contributed by atoms with Crippen LogP contribution in [0.5, 0.6) is 0 Å². The van der Waals surface area contributed by atoms with Crippen molar-refractivity contribution in [3.63, 3.8) is 0 Å². The molecule has 0 fully saturated rings. The summed E-state index contributed by atoms with van der Waals surface area (Å²) in [6.45, 7) is 3.22. The largest absolute Gasteiger partial charge is 0.355 e. The third-order valence-electron chi connectivity index (χ3n) is 0.809. The van der Waals surface area contributed by atoms with Gasteiger partial charge in [0.25, 0.3) is 0 Å². The highest BCUT2D eigenvalue weighted by Gasteiger charge is 1.81. The van der Waals surface area contributed by atoms with Crippen LogP contribution >= 0.6 is 0 Å². The van der Waals surface area contributed by atoms with E-state index in [1.165, 1.54) is 0 Å². The summed E-state index contributed by atoms with van der Waals surface area (Å²) in [6.07, 6.45) is 2.26. The number of ether oxygens (including phenoxy) is 2. The van der Waals surface area contributed by atoms with E-state index >= 15 is 0 Å². The third kappa shape index (κ3) is 5.92. The van der Waals surface area contributed by atoms with Gasteiger partial charge in [-0.15, -0.1) is 0 Å². The molecule has 0 heterocycles. The van der Waals surface area contributed by atoms with Crippen LogP contribution in [0.15, 0.2) is 0 Å². The van der Waals surface area contributed by atoms with Gasteiger partial charge in [-0.1, -0.05) is 13.3 Å². The van der Waals surface area contributed by atoms with Crippen molar-refractivity contribution in [2.45, 2.75) is 19.8 Å². The minimum absolute atomic E-state index is 0.319. The first kappa shape index (κ1) is 7.92. The summed E-state index contributed by atoms with van der Waals surface area (Å²) in [7, 11) is 3.16. The molecule has 0 aromatic rings. The predicted molar refractivity (Wildman–Crippen MR) is 32.2 cm³/mol. The van der Waals surface area contributed by atoms with Gasteiger partial charge in [-0.05, 0) is 6.42 Å². The van der Waals surface area contributed by atoms with Gasteiger partial charge in [0.15, 0.2) is 0 Å². The molecule has 1 radical (unpaired) electrons. The summed E-state index contributed by atoms with van der Waals surface area (Å²) in [4.78, 5) is 0. The lowest BCUT2D eigenvalue weighted by molar-refractivity contribution is -0.0151. The Morgan fingerprint density at radius 2 is 2.25 bits per heavy atom. The zero-order chi connectivity index (χ0) is 6.24. The van der Waals surface area contributed by atoms with E-state index in [1.54, 1.807) is 0 Å². The van der Waals surface area contributed by atoms with E-state index in [-0.39, 0.29) is 0 Å². The lowest BCUT2D eigenvalue weighted by atomic mass is 10.4. The number of hydrogen-bond donors (Lipinski definition) is 0. The van der Waals surface area contributed by atoms with Gasteiger partial charge in [-0.3, -0.25) is 0 Å². The maximum Gasteiger partial charge on any atom is 0.146 e. The summed E-state index contributed by atoms with van der Waals surface area (Å²) in [6, 6.07) is 0. The van der Waals surface area contributed by atoms with Gasteiger partial charge in [-0.2, -0.15) is 0 Å². The van der Waals surface area contributed by atoms with E-state index in [4.69, 9.17) is 4.74 Å². The van der Waals surface area contributed by atoms with Crippen LogP contribution in [-0.2, 0) is 9.47 Å². The number of rotatable bonds is 5. The van der Waals surface area contributed by atoms with Gasteiger partial charge in [0.2, 0.25) is 0 Å². The van der Waals surface area contributed by atoms with Crippen molar-refractivity contribution in [3.05, 3.63) is 7.11 Å². The molecule has 49 valence electrons. The van der Waals surface area contributed by atoms with Crippen LogP contribution in [0.25, 0.3) is 0 Å². The zero-order valence-corrected chi connectivity index (χ0v) is 5.35. The molecule has 0 saturated heterocycles. The quantitative estimate of drug-likeness (QED) is 0.402. The second-order valence-corrected chi connectivity index (χ2v) is 1.58. The van der Waals surface area contributed by atoms with Gasteiger partial charge >= 0.3 is 0 Å². The Morgan fingerprint density at radius 1 is 1.50 bits per heavy atom. The molecule has 0 aromatic heterocycles. The first-order chi connectivity index (χ1) is 3.91. The molecule has 0 aromatic carbocycles. The van der Waals surface area contributed by atoms with Crippen molar-refractivity contribution in [1.82, 2.24) is 0 Å². The molecule has 0 rings (SSSR count). The summed E-state index contributed by atoms with van der Waals surface area (Å²) >= 11 is 0. The predicted octanol–water partition coefficient (Wildman–Crippen LogP) is 1.57. The zero-order valence-electron chi connectivity index (χ0n) is 5.35. The van der Waals surface area contributed by atoms with Crippen LogP contribution in [0, 0.1) is 7.11 Å². The van der Waals surface area contributed by atoms with Crippen molar-refractivity contribution in [3.8, 4) is 0 Å². The van der Waals surface area contributed by atoms with Gasteiger partial charge in [0, 0.05) is 6.61 Å². The Bertz CT molecular complexity index is 31.5. The molecule has 0 bridgehead atoms. The summed E-state index contributed by atoms with van der Waals surface area (Å²) < 4.78 is 9.35. The Kier molecular flexibility index (Phi) is 6.85. The van der Waals surface area contributed by atoms with Crippen LogP contribution < -0.4 is 0 Å². The molecule has 0 amide bonds. The normalized spacial score (nSPS) is 9.75. The molecule has 2 heteroatoms. The first-order valence-corrected chi connectivity index (χ1v) is 2.86. The van der Waals surface area contributed by atoms with Gasteiger partial charge in [0.05, 0.1) is 7.11 Å². The fourth-order valence-electron chi connectivity index (χ4n) is 0.364. The molecule has 0 unspecified atom stereocenters. The van der Waals surface area contributed by atoms with E-state index in [0.717, 1.165) is 19.4 Å². The summed E-state index contributed by atoms with van der Waals surface area (Å²) in [5.41, 5.74) is 0. The SMILES string of the molecule is [CH2]OCOCCCC. The Labute approximate surface area is 50.8 Å². The molecular weight excluding hydrogens is 104 g/mol. The molecular formula is C6H13O2. The van der Waals surface area contributed by atoms with Gasteiger partial charge < -0.3 is 9.47 Å². The van der Waals surface area contributed by atoms with Crippen LogP contribution in [0.3, 0.4) is 0 Å². The molecule has 8 heavy (non-hydrogen) atoms. The average Bonchev–Trinajstić information content (AvgIpc) is 1.81. The molecule has 2 nitrogen and oxygen atoms in total. The van der Waals surface area contributed by atoms with Crippen molar-refractivity contribution in [2.24, 2.45) is 0 Å². The average molecular weight is 117 g/mol. The molecule has 0 saturated carbocycles. The Hall–Kier alpha value is -0.0800. The van der Waals surface area contributed by atoms with Crippen molar-refractivity contribution in [2.75, 3.05) is 13.4 Å². The first-order valence-electron chi connectivity index (χ1n) is 2.86. The fraction of sp³-hybridized carbons (Fsp3) is 0.833. The number of hydrogen-bond acceptors (Lipinski definition) is 2. The standard InChI is InChI=1S/C6H13O2/c1-3-4-5-8-6-7-2/h2-6H2,1H3. The summed E-state index contributed by atoms with van der Waals surface area (Å²) in [5, 5.41) is 0. The van der Waals surface area contributed by atoms with E-state index in [1.807, 2.05) is 0 Å². The minimum atomic E-state index is 0.319. The Balaban J connectivity index is 2.53. The van der Waals surface area contributed by atoms with Crippen molar-refractivity contribution >= 4 is 0 Å². The molecule has 0 aliphatic rings. The van der Waals surface area contributed by atoms with Crippen molar-refractivity contribution < 1.29 is 9.47 Å². The molecule has 0 aliphatic carbocycles. The monoisotopic (exact) mass is 117 g/mol. The lowest BCUT2D eigenvalue weighted by Gasteiger charge is -1.98. The van der Waals surface area contributed by atoms with E-state index in [9.17, 15) is 0 Å². The highest BCUT2D eigenvalue weighted by molar-refractivity contribution is 4.27. The van der Waals surface area contributed by atoms with Gasteiger partial charge in [-0.25, -0.2) is 0 Å². The van der Waals surface area contributed by atoms with Crippen LogP contribution in [0.4, 0.5) is 0 Å². The Morgan fingerprint density at radius 3 is 2.75 bits per heavy atom. The molecule has 0 atom stereocenters. The molecule has 0 N–H and O–H groups in total. The third-order valence-corrected chi connectivity index (χ3v) is 0.809. The second-order valence-electron chi connectivity index (χ2n) is 1.58.